The molecular formula is C18H28IN5O. The average Bonchev–Trinajstić information content (AvgIpc) is 3.03. The Morgan fingerprint density at radius 3 is 2.56 bits per heavy atom. The first kappa shape index (κ1) is 21.3. The fourth-order valence-corrected chi connectivity index (χ4v) is 2.48. The van der Waals surface area contributed by atoms with Crippen molar-refractivity contribution in [2.24, 2.45) is 12.0 Å². The van der Waals surface area contributed by atoms with Crippen LogP contribution < -0.4 is 15.4 Å². The van der Waals surface area contributed by atoms with Crippen molar-refractivity contribution in [2.45, 2.75) is 25.8 Å². The maximum absolute atomic E-state index is 5.20. The molecule has 0 radical (unpaired) electrons. The number of benzene rings is 1. The average molecular weight is 457 g/mol. The Morgan fingerprint density at radius 2 is 2.00 bits per heavy atom. The van der Waals surface area contributed by atoms with Crippen molar-refractivity contribution in [2.75, 3.05) is 20.7 Å². The third kappa shape index (κ3) is 6.93. The van der Waals surface area contributed by atoms with Gasteiger partial charge in [0.05, 0.1) is 13.3 Å². The molecule has 1 aromatic heterocycles. The molecule has 0 aliphatic heterocycles. The van der Waals surface area contributed by atoms with Crippen molar-refractivity contribution < 1.29 is 4.74 Å². The summed E-state index contributed by atoms with van der Waals surface area (Å²) in [5.41, 5.74) is 2.45. The van der Waals surface area contributed by atoms with Crippen molar-refractivity contribution in [3.63, 3.8) is 0 Å². The molecule has 1 heterocycles. The second-order valence-corrected chi connectivity index (χ2v) is 5.84. The minimum absolute atomic E-state index is 0. The summed E-state index contributed by atoms with van der Waals surface area (Å²) in [6.45, 7) is 3.80. The first-order valence-corrected chi connectivity index (χ1v) is 8.18. The fraction of sp³-hybridized carbons (Fsp3) is 0.444. The van der Waals surface area contributed by atoms with E-state index in [-0.39, 0.29) is 24.0 Å². The van der Waals surface area contributed by atoms with Crippen LogP contribution >= 0.6 is 24.0 Å². The monoisotopic (exact) mass is 457 g/mol. The SMILES string of the molecule is CN=C(NCCC(C)c1ccc(OC)cc1)NCc1cnn(C)c1.I. The highest BCUT2D eigenvalue weighted by Gasteiger charge is 2.06. The highest BCUT2D eigenvalue weighted by atomic mass is 127. The predicted octanol–water partition coefficient (Wildman–Crippen LogP) is 2.91. The normalized spacial score (nSPS) is 12.2. The number of aromatic nitrogens is 2. The molecule has 2 aromatic rings. The Hall–Kier alpha value is -1.77. The summed E-state index contributed by atoms with van der Waals surface area (Å²) < 4.78 is 6.99. The molecule has 0 amide bonds. The van der Waals surface area contributed by atoms with E-state index < -0.39 is 0 Å². The topological polar surface area (TPSA) is 63.5 Å². The number of nitrogens with zero attached hydrogens (tertiary/aromatic N) is 3. The van der Waals surface area contributed by atoms with Gasteiger partial charge in [-0.05, 0) is 30.0 Å². The molecule has 0 aliphatic rings. The number of guanidine groups is 1. The van der Waals surface area contributed by atoms with Gasteiger partial charge in [0.25, 0.3) is 0 Å². The van der Waals surface area contributed by atoms with E-state index >= 15 is 0 Å². The van der Waals surface area contributed by atoms with E-state index in [1.54, 1.807) is 18.8 Å². The molecular weight excluding hydrogens is 429 g/mol. The van der Waals surface area contributed by atoms with Gasteiger partial charge >= 0.3 is 0 Å². The summed E-state index contributed by atoms with van der Waals surface area (Å²) in [7, 11) is 5.38. The predicted molar refractivity (Wildman–Crippen MR) is 113 cm³/mol. The number of halogens is 1. The van der Waals surface area contributed by atoms with Crippen LogP contribution in [-0.2, 0) is 13.6 Å². The highest BCUT2D eigenvalue weighted by Crippen LogP contribution is 2.21. The van der Waals surface area contributed by atoms with Gasteiger partial charge in [-0.3, -0.25) is 9.67 Å². The van der Waals surface area contributed by atoms with Crippen LogP contribution in [0, 0.1) is 0 Å². The lowest BCUT2D eigenvalue weighted by molar-refractivity contribution is 0.414. The van der Waals surface area contributed by atoms with Crippen LogP contribution in [0.15, 0.2) is 41.7 Å². The van der Waals surface area contributed by atoms with Gasteiger partial charge in [-0.25, -0.2) is 0 Å². The molecule has 0 fully saturated rings. The summed E-state index contributed by atoms with van der Waals surface area (Å²) in [5.74, 6) is 2.17. The van der Waals surface area contributed by atoms with Gasteiger partial charge < -0.3 is 15.4 Å². The molecule has 1 unspecified atom stereocenters. The lowest BCUT2D eigenvalue weighted by Crippen LogP contribution is -2.37. The van der Waals surface area contributed by atoms with Gasteiger partial charge in [-0.2, -0.15) is 5.10 Å². The molecule has 138 valence electrons. The van der Waals surface area contributed by atoms with E-state index in [0.717, 1.165) is 30.2 Å². The van der Waals surface area contributed by atoms with Gasteiger partial charge in [-0.15, -0.1) is 24.0 Å². The number of ether oxygens (including phenoxy) is 1. The quantitative estimate of drug-likeness (QED) is 0.382. The van der Waals surface area contributed by atoms with Crippen molar-refractivity contribution in [1.82, 2.24) is 20.4 Å². The van der Waals surface area contributed by atoms with Gasteiger partial charge in [-0.1, -0.05) is 19.1 Å². The molecule has 1 atom stereocenters. The zero-order valence-corrected chi connectivity index (χ0v) is 17.7. The van der Waals surface area contributed by atoms with Crippen molar-refractivity contribution >= 4 is 29.9 Å². The van der Waals surface area contributed by atoms with Crippen molar-refractivity contribution in [3.8, 4) is 5.75 Å². The number of methoxy groups -OCH3 is 1. The molecule has 7 heteroatoms. The maximum atomic E-state index is 5.20. The molecule has 6 nitrogen and oxygen atoms in total. The number of aryl methyl sites for hydroxylation is 1. The Morgan fingerprint density at radius 1 is 1.28 bits per heavy atom. The molecule has 2 rings (SSSR count). The fourth-order valence-electron chi connectivity index (χ4n) is 2.48. The molecule has 0 spiro atoms. The zero-order chi connectivity index (χ0) is 17.4. The Balaban J connectivity index is 0.00000312. The molecule has 25 heavy (non-hydrogen) atoms. The second kappa shape index (κ2) is 11.0. The third-order valence-electron chi connectivity index (χ3n) is 4.00. The molecule has 1 aromatic carbocycles. The van der Waals surface area contributed by atoms with Crippen LogP contribution in [0.5, 0.6) is 5.75 Å². The molecule has 0 saturated heterocycles. The number of nitrogens with one attached hydrogen (secondary N) is 2. The van der Waals surface area contributed by atoms with E-state index in [2.05, 4.69) is 39.8 Å². The van der Waals surface area contributed by atoms with E-state index in [9.17, 15) is 0 Å². The van der Waals surface area contributed by atoms with E-state index in [4.69, 9.17) is 4.74 Å². The minimum atomic E-state index is 0. The van der Waals surface area contributed by atoms with E-state index in [1.165, 1.54) is 5.56 Å². The van der Waals surface area contributed by atoms with Crippen LogP contribution in [0.2, 0.25) is 0 Å². The van der Waals surface area contributed by atoms with Gasteiger partial charge in [0, 0.05) is 38.9 Å². The first-order chi connectivity index (χ1) is 11.6. The summed E-state index contributed by atoms with van der Waals surface area (Å²) >= 11 is 0. The van der Waals surface area contributed by atoms with Crippen LogP contribution in [0.25, 0.3) is 0 Å². The number of hydrogen-bond acceptors (Lipinski definition) is 3. The Labute approximate surface area is 167 Å². The summed E-state index contributed by atoms with van der Waals surface area (Å²) in [6, 6.07) is 8.26. The van der Waals surface area contributed by atoms with Gasteiger partial charge in [0.15, 0.2) is 5.96 Å². The summed E-state index contributed by atoms with van der Waals surface area (Å²) in [4.78, 5) is 4.25. The number of rotatable bonds is 7. The Kier molecular flexibility index (Phi) is 9.33. The van der Waals surface area contributed by atoms with E-state index in [0.29, 0.717) is 12.5 Å². The lowest BCUT2D eigenvalue weighted by Gasteiger charge is -2.15. The molecule has 0 aliphatic carbocycles. The lowest BCUT2D eigenvalue weighted by atomic mass is 9.98. The number of hydrogen-bond donors (Lipinski definition) is 2. The zero-order valence-electron chi connectivity index (χ0n) is 15.3. The van der Waals surface area contributed by atoms with Crippen molar-refractivity contribution in [3.05, 3.63) is 47.8 Å². The molecule has 0 bridgehead atoms. The smallest absolute Gasteiger partial charge is 0.191 e. The number of aliphatic imine (C=N–C) groups is 1. The standard InChI is InChI=1S/C18H27N5O.HI/c1-14(16-5-7-17(24-4)8-6-16)9-10-20-18(19-2)21-11-15-12-22-23(3)13-15;/h5-8,12-14H,9-11H2,1-4H3,(H2,19,20,21);1H. The minimum Gasteiger partial charge on any atom is -0.497 e. The summed E-state index contributed by atoms with van der Waals surface area (Å²) in [5, 5.41) is 10.8. The maximum Gasteiger partial charge on any atom is 0.191 e. The highest BCUT2D eigenvalue weighted by molar-refractivity contribution is 14.0. The van der Waals surface area contributed by atoms with Gasteiger partial charge in [0.2, 0.25) is 0 Å². The largest absolute Gasteiger partial charge is 0.497 e. The molecule has 2 N–H and O–H groups in total. The Bertz CT molecular complexity index is 654. The van der Waals surface area contributed by atoms with Crippen LogP contribution in [0.3, 0.4) is 0 Å². The molecule has 0 saturated carbocycles. The van der Waals surface area contributed by atoms with E-state index in [1.807, 2.05) is 31.6 Å². The van der Waals surface area contributed by atoms with Crippen LogP contribution in [0.4, 0.5) is 0 Å². The van der Waals surface area contributed by atoms with Crippen LogP contribution in [-0.4, -0.2) is 36.4 Å². The summed E-state index contributed by atoms with van der Waals surface area (Å²) in [6.07, 6.45) is 4.87. The van der Waals surface area contributed by atoms with Crippen molar-refractivity contribution in [1.29, 1.82) is 0 Å². The van der Waals surface area contributed by atoms with Crippen LogP contribution in [0.1, 0.15) is 30.4 Å². The second-order valence-electron chi connectivity index (χ2n) is 5.84. The first-order valence-electron chi connectivity index (χ1n) is 8.18. The third-order valence-corrected chi connectivity index (χ3v) is 4.00. The van der Waals surface area contributed by atoms with Gasteiger partial charge in [0.1, 0.15) is 5.75 Å².